The summed E-state index contributed by atoms with van der Waals surface area (Å²) >= 11 is 0. The smallest absolute Gasteiger partial charge is 0.191 e. The van der Waals surface area contributed by atoms with Crippen molar-refractivity contribution in [3.05, 3.63) is 42.2 Å². The van der Waals surface area contributed by atoms with Gasteiger partial charge in [-0.25, -0.2) is 4.99 Å². The summed E-state index contributed by atoms with van der Waals surface area (Å²) in [7, 11) is 0. The van der Waals surface area contributed by atoms with Crippen molar-refractivity contribution >= 4 is 16.7 Å². The third-order valence-corrected chi connectivity index (χ3v) is 4.88. The van der Waals surface area contributed by atoms with E-state index in [1.165, 1.54) is 17.2 Å². The second-order valence-corrected chi connectivity index (χ2v) is 6.89. The van der Waals surface area contributed by atoms with Crippen LogP contribution >= 0.6 is 0 Å². The van der Waals surface area contributed by atoms with Crippen molar-refractivity contribution in [3.8, 4) is 0 Å². The lowest BCUT2D eigenvalue weighted by atomic mass is 10.1. The molecule has 0 bridgehead atoms. The van der Waals surface area contributed by atoms with Crippen LogP contribution in [-0.2, 0) is 6.54 Å². The van der Waals surface area contributed by atoms with Gasteiger partial charge in [0.2, 0.25) is 0 Å². The van der Waals surface area contributed by atoms with Crippen molar-refractivity contribution in [1.82, 2.24) is 20.5 Å². The molecule has 0 radical (unpaired) electrons. The predicted octanol–water partition coefficient (Wildman–Crippen LogP) is 3.80. The van der Waals surface area contributed by atoms with E-state index in [0.29, 0.717) is 12.6 Å². The van der Waals surface area contributed by atoms with Gasteiger partial charge in [0.1, 0.15) is 0 Å². The summed E-state index contributed by atoms with van der Waals surface area (Å²) in [5, 5.41) is 9.27. The lowest BCUT2D eigenvalue weighted by molar-refractivity contribution is 0.292. The molecule has 0 fully saturated rings. The fourth-order valence-corrected chi connectivity index (χ4v) is 3.25. The Balaban J connectivity index is 1.95. The first-order valence-corrected chi connectivity index (χ1v) is 10.3. The molecular weight excluding hydrogens is 334 g/mol. The van der Waals surface area contributed by atoms with Crippen LogP contribution in [0.1, 0.15) is 46.2 Å². The molecule has 0 saturated carbocycles. The normalized spacial score (nSPS) is 13.1. The predicted molar refractivity (Wildman–Crippen MR) is 116 cm³/mol. The van der Waals surface area contributed by atoms with Crippen molar-refractivity contribution in [2.24, 2.45) is 4.99 Å². The van der Waals surface area contributed by atoms with E-state index in [1.54, 1.807) is 0 Å². The summed E-state index contributed by atoms with van der Waals surface area (Å²) in [5.41, 5.74) is 1.01. The van der Waals surface area contributed by atoms with Gasteiger partial charge in [-0.2, -0.15) is 0 Å². The fourth-order valence-electron chi connectivity index (χ4n) is 3.25. The highest BCUT2D eigenvalue weighted by Crippen LogP contribution is 2.16. The molecule has 1 heterocycles. The zero-order chi connectivity index (χ0) is 19.5. The van der Waals surface area contributed by atoms with Crippen LogP contribution in [0.2, 0.25) is 0 Å². The van der Waals surface area contributed by atoms with E-state index in [1.807, 2.05) is 12.3 Å². The van der Waals surface area contributed by atoms with E-state index >= 15 is 0 Å². The number of aliphatic imine (C=N–C) groups is 1. The van der Waals surface area contributed by atoms with E-state index in [0.717, 1.165) is 44.3 Å². The van der Waals surface area contributed by atoms with Crippen molar-refractivity contribution in [2.75, 3.05) is 26.2 Å². The molecule has 2 rings (SSSR count). The van der Waals surface area contributed by atoms with Crippen LogP contribution in [0.15, 0.2) is 41.5 Å². The van der Waals surface area contributed by atoms with Crippen molar-refractivity contribution in [1.29, 1.82) is 0 Å². The van der Waals surface area contributed by atoms with Crippen LogP contribution in [0.3, 0.4) is 0 Å². The van der Waals surface area contributed by atoms with E-state index in [4.69, 9.17) is 4.99 Å². The molecule has 1 aromatic heterocycles. The number of benzene rings is 1. The molecule has 5 heteroatoms. The van der Waals surface area contributed by atoms with E-state index in [2.05, 4.69) is 72.5 Å². The fraction of sp³-hybridized carbons (Fsp3) is 0.545. The van der Waals surface area contributed by atoms with Crippen LogP contribution in [-0.4, -0.2) is 48.1 Å². The Morgan fingerprint density at radius 1 is 1.15 bits per heavy atom. The highest BCUT2D eigenvalue weighted by Gasteiger charge is 2.07. The van der Waals surface area contributed by atoms with Crippen LogP contribution < -0.4 is 10.6 Å². The molecule has 0 spiro atoms. The topological polar surface area (TPSA) is 52.6 Å². The summed E-state index contributed by atoms with van der Waals surface area (Å²) < 4.78 is 0. The molecule has 1 atom stereocenters. The number of guanidine groups is 1. The maximum Gasteiger partial charge on any atom is 0.191 e. The highest BCUT2D eigenvalue weighted by atomic mass is 15.2. The monoisotopic (exact) mass is 369 g/mol. The van der Waals surface area contributed by atoms with Crippen LogP contribution in [0, 0.1) is 0 Å². The third kappa shape index (κ3) is 6.83. The summed E-state index contributed by atoms with van der Waals surface area (Å²) in [4.78, 5) is 11.8. The van der Waals surface area contributed by atoms with Gasteiger partial charge in [0.05, 0.1) is 12.2 Å². The van der Waals surface area contributed by atoms with Crippen molar-refractivity contribution in [2.45, 2.75) is 53.1 Å². The minimum atomic E-state index is 0.388. The first kappa shape index (κ1) is 21.2. The third-order valence-electron chi connectivity index (χ3n) is 4.88. The van der Waals surface area contributed by atoms with Crippen molar-refractivity contribution < 1.29 is 0 Å². The summed E-state index contributed by atoms with van der Waals surface area (Å²) in [5.74, 6) is 0.863. The Morgan fingerprint density at radius 2 is 1.93 bits per heavy atom. The first-order chi connectivity index (χ1) is 13.2. The number of pyridine rings is 1. The molecule has 0 saturated heterocycles. The average molecular weight is 370 g/mol. The lowest BCUT2D eigenvalue weighted by Crippen LogP contribution is -2.42. The maximum absolute atomic E-state index is 4.77. The molecule has 1 unspecified atom stereocenters. The van der Waals surface area contributed by atoms with Gasteiger partial charge < -0.3 is 15.5 Å². The number of aromatic nitrogens is 1. The molecule has 2 aromatic rings. The second kappa shape index (κ2) is 11.5. The maximum atomic E-state index is 4.77. The standard InChI is InChI=1S/C22H35N5/c1-5-23-22(26-18(4)11-10-16-27(6-2)7-3)25-17-21-20-13-9-8-12-19(20)14-15-24-21/h8-9,12-15,18H,5-7,10-11,16-17H2,1-4H3,(H2,23,25,26). The van der Waals surface area contributed by atoms with Gasteiger partial charge in [0, 0.05) is 24.2 Å². The second-order valence-electron chi connectivity index (χ2n) is 6.89. The molecule has 1 aromatic carbocycles. The average Bonchev–Trinajstić information content (AvgIpc) is 2.69. The van der Waals surface area contributed by atoms with Gasteiger partial charge in [0.15, 0.2) is 5.96 Å². The molecule has 2 N–H and O–H groups in total. The van der Waals surface area contributed by atoms with Crippen molar-refractivity contribution in [3.63, 3.8) is 0 Å². The number of hydrogen-bond donors (Lipinski definition) is 2. The van der Waals surface area contributed by atoms with E-state index in [-0.39, 0.29) is 0 Å². The molecular formula is C22H35N5. The Hall–Kier alpha value is -2.14. The summed E-state index contributed by atoms with van der Waals surface area (Å²) in [6.45, 7) is 13.6. The molecule has 27 heavy (non-hydrogen) atoms. The van der Waals surface area contributed by atoms with E-state index < -0.39 is 0 Å². The highest BCUT2D eigenvalue weighted by molar-refractivity contribution is 5.85. The van der Waals surface area contributed by atoms with E-state index in [9.17, 15) is 0 Å². The molecule has 148 valence electrons. The largest absolute Gasteiger partial charge is 0.357 e. The number of nitrogens with one attached hydrogen (secondary N) is 2. The molecule has 0 aliphatic heterocycles. The number of hydrogen-bond acceptors (Lipinski definition) is 3. The van der Waals surface area contributed by atoms with Crippen LogP contribution in [0.4, 0.5) is 0 Å². The Bertz CT molecular complexity index is 703. The van der Waals surface area contributed by atoms with Crippen LogP contribution in [0.5, 0.6) is 0 Å². The van der Waals surface area contributed by atoms with Gasteiger partial charge in [0.25, 0.3) is 0 Å². The van der Waals surface area contributed by atoms with Gasteiger partial charge in [-0.05, 0) is 57.8 Å². The van der Waals surface area contributed by atoms with Crippen LogP contribution in [0.25, 0.3) is 10.8 Å². The molecule has 0 aliphatic carbocycles. The number of nitrogens with zero attached hydrogens (tertiary/aromatic N) is 3. The number of rotatable bonds is 10. The SMILES string of the molecule is CCNC(=NCc1nccc2ccccc12)NC(C)CCCN(CC)CC. The van der Waals surface area contributed by atoms with Gasteiger partial charge in [-0.15, -0.1) is 0 Å². The Morgan fingerprint density at radius 3 is 2.67 bits per heavy atom. The zero-order valence-corrected chi connectivity index (χ0v) is 17.3. The molecule has 0 amide bonds. The van der Waals surface area contributed by atoms with Gasteiger partial charge in [-0.3, -0.25) is 4.98 Å². The minimum absolute atomic E-state index is 0.388. The quantitative estimate of drug-likeness (QED) is 0.494. The molecule has 0 aliphatic rings. The Labute approximate surface area is 164 Å². The van der Waals surface area contributed by atoms with Gasteiger partial charge in [-0.1, -0.05) is 38.1 Å². The lowest BCUT2D eigenvalue weighted by Gasteiger charge is -2.21. The number of fused-ring (bicyclic) bond motifs is 1. The first-order valence-electron chi connectivity index (χ1n) is 10.3. The summed E-state index contributed by atoms with van der Waals surface area (Å²) in [6, 6.07) is 10.8. The summed E-state index contributed by atoms with van der Waals surface area (Å²) in [6.07, 6.45) is 4.19. The zero-order valence-electron chi connectivity index (χ0n) is 17.3. The Kier molecular flexibility index (Phi) is 9.05. The molecule has 5 nitrogen and oxygen atoms in total. The van der Waals surface area contributed by atoms with Gasteiger partial charge >= 0.3 is 0 Å². The minimum Gasteiger partial charge on any atom is -0.357 e.